The van der Waals surface area contributed by atoms with Crippen molar-refractivity contribution in [2.24, 2.45) is 0 Å². The molecule has 2 amide bonds. The van der Waals surface area contributed by atoms with Gasteiger partial charge in [0.1, 0.15) is 0 Å². The summed E-state index contributed by atoms with van der Waals surface area (Å²) in [5.74, 6) is 1.86. The van der Waals surface area contributed by atoms with Gasteiger partial charge in [0.2, 0.25) is 5.91 Å². The maximum atomic E-state index is 11.9. The lowest BCUT2D eigenvalue weighted by Gasteiger charge is -2.07. The first-order valence-electron chi connectivity index (χ1n) is 6.49. The van der Waals surface area contributed by atoms with E-state index in [-0.39, 0.29) is 18.4 Å². The molecule has 0 atom stereocenters. The van der Waals surface area contributed by atoms with Gasteiger partial charge in [0.25, 0.3) is 5.91 Å². The first-order valence-corrected chi connectivity index (χ1v) is 7.28. The molecule has 0 radical (unpaired) electrons. The van der Waals surface area contributed by atoms with E-state index >= 15 is 0 Å². The van der Waals surface area contributed by atoms with Gasteiger partial charge in [-0.15, -0.1) is 6.42 Å². The Hall–Kier alpha value is -2.58. The fourth-order valence-electron chi connectivity index (χ4n) is 1.78. The zero-order chi connectivity index (χ0) is 15.9. The highest BCUT2D eigenvalue weighted by Crippen LogP contribution is 2.11. The molecule has 2 aromatic rings. The summed E-state index contributed by atoms with van der Waals surface area (Å²) >= 11 is 3.29. The number of anilines is 1. The monoisotopic (exact) mass is 356 g/mol. The van der Waals surface area contributed by atoms with Crippen LogP contribution in [0.15, 0.2) is 53.0 Å². The lowest BCUT2D eigenvalue weighted by molar-refractivity contribution is -0.115. The third kappa shape index (κ3) is 4.47. The molecule has 0 aliphatic rings. The maximum absolute atomic E-state index is 11.9. The molecular formula is C17H13BrN2O2. The Bertz CT molecular complexity index is 750. The first-order chi connectivity index (χ1) is 10.6. The van der Waals surface area contributed by atoms with Gasteiger partial charge in [-0.25, -0.2) is 0 Å². The van der Waals surface area contributed by atoms with E-state index in [9.17, 15) is 9.59 Å². The number of carbonyl (C=O) groups excluding carboxylic acids is 2. The number of benzene rings is 2. The van der Waals surface area contributed by atoms with E-state index in [4.69, 9.17) is 6.42 Å². The van der Waals surface area contributed by atoms with Crippen LogP contribution in [0.1, 0.15) is 15.9 Å². The van der Waals surface area contributed by atoms with Gasteiger partial charge in [0.05, 0.1) is 6.54 Å². The Morgan fingerprint density at radius 3 is 2.64 bits per heavy atom. The molecule has 2 rings (SSSR count). The molecule has 0 fully saturated rings. The third-order valence-electron chi connectivity index (χ3n) is 2.81. The molecule has 110 valence electrons. The van der Waals surface area contributed by atoms with Gasteiger partial charge in [-0.05, 0) is 36.4 Å². The predicted molar refractivity (Wildman–Crippen MR) is 89.5 cm³/mol. The van der Waals surface area contributed by atoms with Crippen LogP contribution in [0.4, 0.5) is 5.69 Å². The Labute approximate surface area is 137 Å². The molecule has 2 N–H and O–H groups in total. The molecule has 2 aromatic carbocycles. The van der Waals surface area contributed by atoms with Crippen molar-refractivity contribution in [3.63, 3.8) is 0 Å². The van der Waals surface area contributed by atoms with Crippen molar-refractivity contribution in [3.05, 3.63) is 64.1 Å². The number of carbonyl (C=O) groups is 2. The molecule has 0 aromatic heterocycles. The van der Waals surface area contributed by atoms with Crippen molar-refractivity contribution in [1.29, 1.82) is 0 Å². The second kappa shape index (κ2) is 7.43. The van der Waals surface area contributed by atoms with Crippen LogP contribution in [0.2, 0.25) is 0 Å². The van der Waals surface area contributed by atoms with Crippen molar-refractivity contribution in [1.82, 2.24) is 5.32 Å². The van der Waals surface area contributed by atoms with Crippen LogP contribution < -0.4 is 10.6 Å². The van der Waals surface area contributed by atoms with E-state index in [0.29, 0.717) is 16.8 Å². The smallest absolute Gasteiger partial charge is 0.251 e. The molecule has 0 heterocycles. The van der Waals surface area contributed by atoms with Crippen LogP contribution in [0.3, 0.4) is 0 Å². The minimum Gasteiger partial charge on any atom is -0.343 e. The number of terminal acetylenes is 1. The van der Waals surface area contributed by atoms with Crippen molar-refractivity contribution in [2.75, 3.05) is 11.9 Å². The topological polar surface area (TPSA) is 58.2 Å². The Balaban J connectivity index is 1.90. The highest BCUT2D eigenvalue weighted by Gasteiger charge is 2.08. The van der Waals surface area contributed by atoms with Crippen molar-refractivity contribution in [2.45, 2.75) is 0 Å². The molecule has 0 bridgehead atoms. The van der Waals surface area contributed by atoms with Crippen molar-refractivity contribution in [3.8, 4) is 12.3 Å². The summed E-state index contributed by atoms with van der Waals surface area (Å²) in [6.45, 7) is -0.119. The minimum atomic E-state index is -0.322. The summed E-state index contributed by atoms with van der Waals surface area (Å²) in [5, 5.41) is 5.24. The predicted octanol–water partition coefficient (Wildman–Crippen LogP) is 2.80. The first kappa shape index (κ1) is 15.8. The van der Waals surface area contributed by atoms with Crippen LogP contribution in [-0.4, -0.2) is 18.4 Å². The number of halogens is 1. The second-order valence-corrected chi connectivity index (χ2v) is 5.38. The third-order valence-corrected chi connectivity index (χ3v) is 3.30. The summed E-state index contributed by atoms with van der Waals surface area (Å²) in [6.07, 6.45) is 5.30. The number of rotatable bonds is 4. The van der Waals surface area contributed by atoms with Crippen LogP contribution in [0, 0.1) is 12.3 Å². The SMILES string of the molecule is C#Cc1cccc(NC(=O)CNC(=O)c2cccc(Br)c2)c1. The molecule has 0 unspecified atom stereocenters. The number of amides is 2. The van der Waals surface area contributed by atoms with E-state index in [1.54, 1.807) is 42.5 Å². The lowest BCUT2D eigenvalue weighted by atomic mass is 10.2. The van der Waals surface area contributed by atoms with Crippen LogP contribution >= 0.6 is 15.9 Å². The van der Waals surface area contributed by atoms with E-state index < -0.39 is 0 Å². The average Bonchev–Trinajstić information content (AvgIpc) is 2.52. The quantitative estimate of drug-likeness (QED) is 0.827. The lowest BCUT2D eigenvalue weighted by Crippen LogP contribution is -2.32. The summed E-state index contributed by atoms with van der Waals surface area (Å²) in [4.78, 5) is 23.7. The summed E-state index contributed by atoms with van der Waals surface area (Å²) in [5.41, 5.74) is 1.75. The molecule has 5 heteroatoms. The Kier molecular flexibility index (Phi) is 5.34. The largest absolute Gasteiger partial charge is 0.343 e. The number of nitrogens with one attached hydrogen (secondary N) is 2. The van der Waals surface area contributed by atoms with Crippen molar-refractivity contribution >= 4 is 33.4 Å². The van der Waals surface area contributed by atoms with Gasteiger partial charge in [-0.1, -0.05) is 34.0 Å². The van der Waals surface area contributed by atoms with E-state index in [0.717, 1.165) is 4.47 Å². The van der Waals surface area contributed by atoms with Gasteiger partial charge in [0, 0.05) is 21.3 Å². The van der Waals surface area contributed by atoms with Gasteiger partial charge < -0.3 is 10.6 Å². The summed E-state index contributed by atoms with van der Waals surface area (Å²) in [6, 6.07) is 13.9. The molecule has 4 nitrogen and oxygen atoms in total. The van der Waals surface area contributed by atoms with Crippen LogP contribution in [-0.2, 0) is 4.79 Å². The zero-order valence-corrected chi connectivity index (χ0v) is 13.2. The Morgan fingerprint density at radius 1 is 1.14 bits per heavy atom. The minimum absolute atomic E-state index is 0.119. The van der Waals surface area contributed by atoms with E-state index in [2.05, 4.69) is 32.5 Å². The molecule has 0 aliphatic heterocycles. The fraction of sp³-hybridized carbons (Fsp3) is 0.0588. The van der Waals surface area contributed by atoms with Crippen LogP contribution in [0.5, 0.6) is 0 Å². The van der Waals surface area contributed by atoms with E-state index in [1.807, 2.05) is 6.07 Å². The average molecular weight is 357 g/mol. The normalized spacial score (nSPS) is 9.64. The molecule has 0 saturated carbocycles. The highest BCUT2D eigenvalue weighted by molar-refractivity contribution is 9.10. The standard InChI is InChI=1S/C17H13BrN2O2/c1-2-12-5-3-8-15(9-12)20-16(21)11-19-17(22)13-6-4-7-14(18)10-13/h1,3-10H,11H2,(H,19,22)(H,20,21). The number of hydrogen-bond donors (Lipinski definition) is 2. The maximum Gasteiger partial charge on any atom is 0.251 e. The highest BCUT2D eigenvalue weighted by atomic mass is 79.9. The number of hydrogen-bond acceptors (Lipinski definition) is 2. The van der Waals surface area contributed by atoms with Gasteiger partial charge in [-0.3, -0.25) is 9.59 Å². The molecule has 22 heavy (non-hydrogen) atoms. The Morgan fingerprint density at radius 2 is 1.91 bits per heavy atom. The van der Waals surface area contributed by atoms with Gasteiger partial charge in [-0.2, -0.15) is 0 Å². The molecular weight excluding hydrogens is 344 g/mol. The zero-order valence-electron chi connectivity index (χ0n) is 11.6. The fourth-order valence-corrected chi connectivity index (χ4v) is 2.18. The van der Waals surface area contributed by atoms with Crippen molar-refractivity contribution < 1.29 is 9.59 Å². The second-order valence-electron chi connectivity index (χ2n) is 4.47. The summed E-state index contributed by atoms with van der Waals surface area (Å²) in [7, 11) is 0. The van der Waals surface area contributed by atoms with E-state index in [1.165, 1.54) is 0 Å². The summed E-state index contributed by atoms with van der Waals surface area (Å²) < 4.78 is 0.802. The van der Waals surface area contributed by atoms with Gasteiger partial charge in [0.15, 0.2) is 0 Å². The molecule has 0 saturated heterocycles. The van der Waals surface area contributed by atoms with Crippen LogP contribution in [0.25, 0.3) is 0 Å². The van der Waals surface area contributed by atoms with Gasteiger partial charge >= 0.3 is 0 Å². The molecule has 0 aliphatic carbocycles. The molecule has 0 spiro atoms.